The number of ether oxygens (including phenoxy) is 3. The third-order valence-electron chi connectivity index (χ3n) is 2.91. The van der Waals surface area contributed by atoms with Gasteiger partial charge in [0.1, 0.15) is 0 Å². The first-order valence-corrected chi connectivity index (χ1v) is 5.85. The minimum absolute atomic E-state index is 0.0158. The van der Waals surface area contributed by atoms with E-state index in [1.54, 1.807) is 7.11 Å². The molecule has 1 aliphatic rings. The van der Waals surface area contributed by atoms with Crippen molar-refractivity contribution in [2.45, 2.75) is 19.3 Å². The highest BCUT2D eigenvalue weighted by molar-refractivity contribution is 5.57. The molecular weight excluding hydrogens is 220 g/mol. The van der Waals surface area contributed by atoms with E-state index in [9.17, 15) is 5.11 Å². The van der Waals surface area contributed by atoms with Crippen LogP contribution >= 0.6 is 0 Å². The number of benzene rings is 1. The molecule has 1 N–H and O–H groups in total. The summed E-state index contributed by atoms with van der Waals surface area (Å²) in [6, 6.07) is 3.80. The topological polar surface area (TPSA) is 47.9 Å². The maximum atomic E-state index is 9.24. The summed E-state index contributed by atoms with van der Waals surface area (Å²) >= 11 is 0. The Hall–Kier alpha value is -1.42. The van der Waals surface area contributed by atoms with Crippen LogP contribution in [0, 0.1) is 0 Å². The Morgan fingerprint density at radius 3 is 2.82 bits per heavy atom. The van der Waals surface area contributed by atoms with Crippen molar-refractivity contribution < 1.29 is 19.3 Å². The summed E-state index contributed by atoms with van der Waals surface area (Å²) in [4.78, 5) is 0. The summed E-state index contributed by atoms with van der Waals surface area (Å²) in [5.41, 5.74) is 0.944. The van der Waals surface area contributed by atoms with Gasteiger partial charge < -0.3 is 19.3 Å². The normalized spacial score (nSPS) is 16.2. The van der Waals surface area contributed by atoms with Gasteiger partial charge in [-0.25, -0.2) is 0 Å². The Morgan fingerprint density at radius 1 is 1.35 bits per heavy atom. The second-order valence-corrected chi connectivity index (χ2v) is 4.15. The van der Waals surface area contributed by atoms with Gasteiger partial charge in [-0.05, 0) is 6.07 Å². The van der Waals surface area contributed by atoms with E-state index in [1.807, 2.05) is 19.1 Å². The molecule has 1 atom stereocenters. The summed E-state index contributed by atoms with van der Waals surface area (Å²) < 4.78 is 16.7. The lowest BCUT2D eigenvalue weighted by Gasteiger charge is -2.18. The number of rotatable bonds is 3. The molecule has 1 aromatic rings. The highest BCUT2D eigenvalue weighted by atomic mass is 16.5. The number of methoxy groups -OCH3 is 1. The molecule has 0 saturated carbocycles. The second kappa shape index (κ2) is 5.27. The fourth-order valence-electron chi connectivity index (χ4n) is 1.92. The first-order chi connectivity index (χ1) is 8.27. The molecule has 0 aromatic heterocycles. The second-order valence-electron chi connectivity index (χ2n) is 4.15. The first kappa shape index (κ1) is 12.0. The first-order valence-electron chi connectivity index (χ1n) is 5.85. The number of hydrogen-bond acceptors (Lipinski definition) is 4. The van der Waals surface area contributed by atoms with Crippen LogP contribution in [-0.4, -0.2) is 32.0 Å². The van der Waals surface area contributed by atoms with Crippen molar-refractivity contribution >= 4 is 0 Å². The van der Waals surface area contributed by atoms with Crippen LogP contribution in [0.1, 0.15) is 24.8 Å². The van der Waals surface area contributed by atoms with Gasteiger partial charge in [-0.2, -0.15) is 0 Å². The monoisotopic (exact) mass is 238 g/mol. The van der Waals surface area contributed by atoms with Crippen molar-refractivity contribution in [1.29, 1.82) is 0 Å². The van der Waals surface area contributed by atoms with Crippen LogP contribution < -0.4 is 14.2 Å². The van der Waals surface area contributed by atoms with E-state index in [-0.39, 0.29) is 12.5 Å². The molecule has 0 fully saturated rings. The lowest BCUT2D eigenvalue weighted by atomic mass is 10.00. The van der Waals surface area contributed by atoms with Crippen molar-refractivity contribution in [1.82, 2.24) is 0 Å². The molecule has 1 aliphatic heterocycles. The van der Waals surface area contributed by atoms with E-state index in [4.69, 9.17) is 14.2 Å². The Balaban J connectivity index is 2.46. The molecule has 1 unspecified atom stereocenters. The predicted molar refractivity (Wildman–Crippen MR) is 64.1 cm³/mol. The van der Waals surface area contributed by atoms with Crippen LogP contribution in [0.15, 0.2) is 12.1 Å². The van der Waals surface area contributed by atoms with E-state index in [1.165, 1.54) is 0 Å². The van der Waals surface area contributed by atoms with E-state index in [0.29, 0.717) is 30.5 Å². The zero-order valence-corrected chi connectivity index (χ0v) is 10.2. The number of fused-ring (bicyclic) bond motifs is 1. The number of aliphatic hydroxyl groups excluding tert-OH is 1. The van der Waals surface area contributed by atoms with Crippen LogP contribution in [-0.2, 0) is 0 Å². The van der Waals surface area contributed by atoms with Gasteiger partial charge in [-0.1, -0.05) is 13.0 Å². The van der Waals surface area contributed by atoms with Gasteiger partial charge >= 0.3 is 0 Å². The summed E-state index contributed by atoms with van der Waals surface area (Å²) in [5.74, 6) is 2.06. The van der Waals surface area contributed by atoms with Crippen LogP contribution in [0.4, 0.5) is 0 Å². The molecule has 4 heteroatoms. The number of hydrogen-bond donors (Lipinski definition) is 1. The molecule has 1 heterocycles. The van der Waals surface area contributed by atoms with Crippen LogP contribution in [0.3, 0.4) is 0 Å². The summed E-state index contributed by atoms with van der Waals surface area (Å²) in [6.07, 6.45) is 0.864. The minimum atomic E-state index is 0.0158. The highest BCUT2D eigenvalue weighted by Gasteiger charge is 2.21. The standard InChI is InChI=1S/C13H18O4/c1-9(8-14)10-4-5-11-13(12(10)15-2)17-7-3-6-16-11/h4-5,9,14H,3,6-8H2,1-2H3. The minimum Gasteiger partial charge on any atom is -0.492 e. The van der Waals surface area contributed by atoms with Crippen LogP contribution in [0.5, 0.6) is 17.2 Å². The summed E-state index contributed by atoms with van der Waals surface area (Å²) in [7, 11) is 1.61. The van der Waals surface area contributed by atoms with Gasteiger partial charge in [0.2, 0.25) is 5.75 Å². The van der Waals surface area contributed by atoms with Gasteiger partial charge in [0.05, 0.1) is 20.3 Å². The summed E-state index contributed by atoms with van der Waals surface area (Å²) in [5, 5.41) is 9.24. The molecule has 0 amide bonds. The van der Waals surface area contributed by atoms with Gasteiger partial charge in [-0.15, -0.1) is 0 Å². The molecule has 1 aromatic carbocycles. The third kappa shape index (κ3) is 2.31. The van der Waals surface area contributed by atoms with E-state index in [0.717, 1.165) is 12.0 Å². The van der Waals surface area contributed by atoms with Gasteiger partial charge in [0.15, 0.2) is 11.5 Å². The van der Waals surface area contributed by atoms with E-state index >= 15 is 0 Å². The molecule has 2 rings (SSSR count). The van der Waals surface area contributed by atoms with E-state index < -0.39 is 0 Å². The molecule has 4 nitrogen and oxygen atoms in total. The average molecular weight is 238 g/mol. The third-order valence-corrected chi connectivity index (χ3v) is 2.91. The fraction of sp³-hybridized carbons (Fsp3) is 0.538. The Labute approximate surface area is 101 Å². The highest BCUT2D eigenvalue weighted by Crippen LogP contribution is 2.43. The maximum absolute atomic E-state index is 9.24. The molecule has 0 radical (unpaired) electrons. The Kier molecular flexibility index (Phi) is 3.74. The van der Waals surface area contributed by atoms with Gasteiger partial charge in [0, 0.05) is 24.5 Å². The van der Waals surface area contributed by atoms with Crippen molar-refractivity contribution in [3.05, 3.63) is 17.7 Å². The molecule has 0 bridgehead atoms. The maximum Gasteiger partial charge on any atom is 0.203 e. The molecule has 17 heavy (non-hydrogen) atoms. The molecule has 0 aliphatic carbocycles. The predicted octanol–water partition coefficient (Wildman–Crippen LogP) is 1.95. The lowest BCUT2D eigenvalue weighted by molar-refractivity contribution is 0.265. The number of aliphatic hydroxyl groups is 1. The lowest BCUT2D eigenvalue weighted by Crippen LogP contribution is -2.04. The molecule has 0 saturated heterocycles. The largest absolute Gasteiger partial charge is 0.492 e. The SMILES string of the molecule is COc1c(C(C)CO)ccc2c1OCCCO2. The van der Waals surface area contributed by atoms with Crippen molar-refractivity contribution in [3.63, 3.8) is 0 Å². The van der Waals surface area contributed by atoms with Crippen molar-refractivity contribution in [2.75, 3.05) is 26.9 Å². The molecule has 0 spiro atoms. The van der Waals surface area contributed by atoms with Crippen LogP contribution in [0.25, 0.3) is 0 Å². The fourth-order valence-corrected chi connectivity index (χ4v) is 1.92. The summed E-state index contributed by atoms with van der Waals surface area (Å²) in [6.45, 7) is 3.31. The average Bonchev–Trinajstić information content (AvgIpc) is 2.61. The zero-order valence-electron chi connectivity index (χ0n) is 10.2. The van der Waals surface area contributed by atoms with Crippen LogP contribution in [0.2, 0.25) is 0 Å². The van der Waals surface area contributed by atoms with Gasteiger partial charge in [-0.3, -0.25) is 0 Å². The molecular formula is C13H18O4. The van der Waals surface area contributed by atoms with Gasteiger partial charge in [0.25, 0.3) is 0 Å². The Morgan fingerprint density at radius 2 is 2.12 bits per heavy atom. The zero-order chi connectivity index (χ0) is 12.3. The molecule has 94 valence electrons. The quantitative estimate of drug-likeness (QED) is 0.874. The smallest absolute Gasteiger partial charge is 0.203 e. The van der Waals surface area contributed by atoms with E-state index in [2.05, 4.69) is 0 Å². The Bertz CT molecular complexity index is 389. The van der Waals surface area contributed by atoms with Crippen molar-refractivity contribution in [3.8, 4) is 17.2 Å². The van der Waals surface area contributed by atoms with Crippen molar-refractivity contribution in [2.24, 2.45) is 0 Å².